The lowest BCUT2D eigenvalue weighted by Crippen LogP contribution is -2.22. The lowest BCUT2D eigenvalue weighted by Gasteiger charge is -2.20. The first-order chi connectivity index (χ1) is 8.16. The van der Waals surface area contributed by atoms with Gasteiger partial charge in [-0.3, -0.25) is 4.79 Å². The van der Waals surface area contributed by atoms with Gasteiger partial charge in [0, 0.05) is 31.6 Å². The van der Waals surface area contributed by atoms with E-state index >= 15 is 0 Å². The third-order valence-electron chi connectivity index (χ3n) is 3.51. The quantitative estimate of drug-likeness (QED) is 0.799. The SMILES string of the molecule is CN(CCC1CCCC1=O)c1ccc(F)cc1. The summed E-state index contributed by atoms with van der Waals surface area (Å²) in [6.45, 7) is 0.849. The van der Waals surface area contributed by atoms with Gasteiger partial charge in [-0.1, -0.05) is 0 Å². The van der Waals surface area contributed by atoms with Crippen molar-refractivity contribution in [2.45, 2.75) is 25.7 Å². The van der Waals surface area contributed by atoms with Crippen LogP contribution in [-0.2, 0) is 4.79 Å². The number of hydrogen-bond donors (Lipinski definition) is 0. The van der Waals surface area contributed by atoms with Crippen molar-refractivity contribution in [1.29, 1.82) is 0 Å². The second kappa shape index (κ2) is 5.30. The number of hydrogen-bond acceptors (Lipinski definition) is 2. The molecule has 1 aliphatic rings. The van der Waals surface area contributed by atoms with Crippen LogP contribution in [0.15, 0.2) is 24.3 Å². The zero-order valence-corrected chi connectivity index (χ0v) is 10.2. The van der Waals surface area contributed by atoms with E-state index in [1.54, 1.807) is 12.1 Å². The molecule has 3 heteroatoms. The number of Topliss-reactive ketones (excluding diaryl/α,β-unsaturated/α-hetero) is 1. The van der Waals surface area contributed by atoms with Crippen LogP contribution >= 0.6 is 0 Å². The summed E-state index contributed by atoms with van der Waals surface area (Å²) in [6, 6.07) is 6.47. The Hall–Kier alpha value is -1.38. The molecule has 0 aromatic heterocycles. The summed E-state index contributed by atoms with van der Waals surface area (Å²) in [5.74, 6) is 0.448. The number of rotatable bonds is 4. The first-order valence-electron chi connectivity index (χ1n) is 6.16. The van der Waals surface area contributed by atoms with Crippen molar-refractivity contribution >= 4 is 11.5 Å². The maximum atomic E-state index is 12.8. The average molecular weight is 235 g/mol. The van der Waals surface area contributed by atoms with Crippen molar-refractivity contribution in [2.24, 2.45) is 5.92 Å². The van der Waals surface area contributed by atoms with Gasteiger partial charge in [-0.25, -0.2) is 4.39 Å². The number of carbonyl (C=O) groups excluding carboxylic acids is 1. The Morgan fingerprint density at radius 1 is 1.35 bits per heavy atom. The molecule has 1 aromatic carbocycles. The molecule has 1 atom stereocenters. The summed E-state index contributed by atoms with van der Waals surface area (Å²) in [5.41, 5.74) is 0.997. The van der Waals surface area contributed by atoms with Gasteiger partial charge >= 0.3 is 0 Å². The van der Waals surface area contributed by atoms with E-state index in [0.29, 0.717) is 5.78 Å². The van der Waals surface area contributed by atoms with Crippen LogP contribution in [0.2, 0.25) is 0 Å². The average Bonchev–Trinajstić information content (AvgIpc) is 2.73. The standard InChI is InChI=1S/C14H18FNO/c1-16(13-7-5-12(15)6-8-13)10-9-11-3-2-4-14(11)17/h5-8,11H,2-4,9-10H2,1H3. The molecule has 0 amide bonds. The van der Waals surface area contributed by atoms with Crippen LogP contribution in [0.5, 0.6) is 0 Å². The van der Waals surface area contributed by atoms with Gasteiger partial charge < -0.3 is 4.90 Å². The van der Waals surface area contributed by atoms with E-state index in [-0.39, 0.29) is 11.7 Å². The highest BCUT2D eigenvalue weighted by Crippen LogP contribution is 2.25. The molecule has 92 valence electrons. The molecule has 0 spiro atoms. The van der Waals surface area contributed by atoms with E-state index < -0.39 is 0 Å². The minimum Gasteiger partial charge on any atom is -0.375 e. The summed E-state index contributed by atoms with van der Waals surface area (Å²) < 4.78 is 12.8. The number of ketones is 1. The normalized spacial score (nSPS) is 19.6. The van der Waals surface area contributed by atoms with E-state index in [1.807, 2.05) is 7.05 Å². The predicted octanol–water partition coefficient (Wildman–Crippen LogP) is 3.02. The van der Waals surface area contributed by atoms with Crippen LogP contribution in [0.1, 0.15) is 25.7 Å². The maximum absolute atomic E-state index is 12.8. The van der Waals surface area contributed by atoms with Crippen molar-refractivity contribution in [3.05, 3.63) is 30.1 Å². The monoisotopic (exact) mass is 235 g/mol. The second-order valence-corrected chi connectivity index (χ2v) is 4.74. The predicted molar refractivity (Wildman–Crippen MR) is 66.6 cm³/mol. The molecule has 1 unspecified atom stereocenters. The summed E-state index contributed by atoms with van der Waals surface area (Å²) in [4.78, 5) is 13.6. The lowest BCUT2D eigenvalue weighted by molar-refractivity contribution is -0.120. The van der Waals surface area contributed by atoms with Gasteiger partial charge in [-0.15, -0.1) is 0 Å². The molecule has 1 fully saturated rings. The zero-order valence-electron chi connectivity index (χ0n) is 10.2. The first-order valence-corrected chi connectivity index (χ1v) is 6.16. The molecule has 0 aliphatic heterocycles. The Morgan fingerprint density at radius 3 is 2.65 bits per heavy atom. The van der Waals surface area contributed by atoms with E-state index in [4.69, 9.17) is 0 Å². The first kappa shape index (κ1) is 12.1. The van der Waals surface area contributed by atoms with Crippen LogP contribution in [0.4, 0.5) is 10.1 Å². The summed E-state index contributed by atoms with van der Waals surface area (Å²) in [6.07, 6.45) is 3.75. The van der Waals surface area contributed by atoms with Crippen LogP contribution in [0.3, 0.4) is 0 Å². The lowest BCUT2D eigenvalue weighted by atomic mass is 10.0. The summed E-state index contributed by atoms with van der Waals surface area (Å²) in [5, 5.41) is 0. The van der Waals surface area contributed by atoms with E-state index in [2.05, 4.69) is 4.90 Å². The molecule has 0 heterocycles. The molecule has 2 rings (SSSR count). The number of carbonyl (C=O) groups is 1. The van der Waals surface area contributed by atoms with Gasteiger partial charge in [-0.05, 0) is 43.5 Å². The third-order valence-corrected chi connectivity index (χ3v) is 3.51. The molecule has 2 nitrogen and oxygen atoms in total. The maximum Gasteiger partial charge on any atom is 0.136 e. The Kier molecular flexibility index (Phi) is 3.77. The fourth-order valence-corrected chi connectivity index (χ4v) is 2.37. The molecule has 17 heavy (non-hydrogen) atoms. The van der Waals surface area contributed by atoms with Crippen molar-refractivity contribution in [2.75, 3.05) is 18.5 Å². The number of anilines is 1. The highest BCUT2D eigenvalue weighted by Gasteiger charge is 2.24. The molecular weight excluding hydrogens is 217 g/mol. The molecule has 1 aromatic rings. The third kappa shape index (κ3) is 3.05. The van der Waals surface area contributed by atoms with Crippen LogP contribution in [0.25, 0.3) is 0 Å². The van der Waals surface area contributed by atoms with E-state index in [9.17, 15) is 9.18 Å². The van der Waals surface area contributed by atoms with Gasteiger partial charge in [0.2, 0.25) is 0 Å². The number of halogens is 1. The summed E-state index contributed by atoms with van der Waals surface area (Å²) in [7, 11) is 1.98. The van der Waals surface area contributed by atoms with Gasteiger partial charge in [0.25, 0.3) is 0 Å². The minimum absolute atomic E-state index is 0.215. The zero-order chi connectivity index (χ0) is 12.3. The van der Waals surface area contributed by atoms with Crippen LogP contribution in [0, 0.1) is 11.7 Å². The molecule has 0 bridgehead atoms. The van der Waals surface area contributed by atoms with E-state index in [0.717, 1.165) is 37.9 Å². The Bertz CT molecular complexity index is 388. The topological polar surface area (TPSA) is 20.3 Å². The highest BCUT2D eigenvalue weighted by molar-refractivity contribution is 5.82. The van der Waals surface area contributed by atoms with Crippen LogP contribution < -0.4 is 4.90 Å². The van der Waals surface area contributed by atoms with Crippen molar-refractivity contribution in [3.8, 4) is 0 Å². The van der Waals surface area contributed by atoms with Crippen LogP contribution in [-0.4, -0.2) is 19.4 Å². The smallest absolute Gasteiger partial charge is 0.136 e. The van der Waals surface area contributed by atoms with Gasteiger partial charge in [-0.2, -0.15) is 0 Å². The molecule has 0 radical (unpaired) electrons. The Balaban J connectivity index is 1.86. The molecule has 0 saturated heterocycles. The van der Waals surface area contributed by atoms with Gasteiger partial charge in [0.15, 0.2) is 0 Å². The molecule has 1 saturated carbocycles. The van der Waals surface area contributed by atoms with Gasteiger partial charge in [0.05, 0.1) is 0 Å². The Labute approximate surface area is 101 Å². The summed E-state index contributed by atoms with van der Waals surface area (Å²) >= 11 is 0. The fourth-order valence-electron chi connectivity index (χ4n) is 2.37. The number of benzene rings is 1. The molecule has 0 N–H and O–H groups in total. The van der Waals surface area contributed by atoms with Crippen molar-refractivity contribution in [3.63, 3.8) is 0 Å². The minimum atomic E-state index is -0.215. The van der Waals surface area contributed by atoms with Gasteiger partial charge in [0.1, 0.15) is 11.6 Å². The molecular formula is C14H18FNO. The molecule has 1 aliphatic carbocycles. The Morgan fingerprint density at radius 2 is 2.06 bits per heavy atom. The largest absolute Gasteiger partial charge is 0.375 e. The van der Waals surface area contributed by atoms with E-state index in [1.165, 1.54) is 12.1 Å². The second-order valence-electron chi connectivity index (χ2n) is 4.74. The van der Waals surface area contributed by atoms with Crippen molar-refractivity contribution in [1.82, 2.24) is 0 Å². The highest BCUT2D eigenvalue weighted by atomic mass is 19.1. The number of nitrogens with zero attached hydrogens (tertiary/aromatic N) is 1. The van der Waals surface area contributed by atoms with Crippen molar-refractivity contribution < 1.29 is 9.18 Å². The fraction of sp³-hybridized carbons (Fsp3) is 0.500.